The van der Waals surface area contributed by atoms with Crippen molar-refractivity contribution in [2.75, 3.05) is 0 Å². The lowest BCUT2D eigenvalue weighted by atomic mass is 10.1. The third-order valence-corrected chi connectivity index (χ3v) is 1.61. The van der Waals surface area contributed by atoms with Crippen LogP contribution < -0.4 is 0 Å². The smallest absolute Gasteiger partial charge is 0.00975 e. The zero-order chi connectivity index (χ0) is 7.23. The van der Waals surface area contributed by atoms with Crippen LogP contribution in [0.5, 0.6) is 0 Å². The van der Waals surface area contributed by atoms with Gasteiger partial charge in [0.25, 0.3) is 0 Å². The fourth-order valence-electron chi connectivity index (χ4n) is 1.01. The van der Waals surface area contributed by atoms with Crippen LogP contribution in [0.25, 0.3) is 0 Å². The maximum Gasteiger partial charge on any atom is -0.00975 e. The molecule has 0 saturated carbocycles. The Morgan fingerprint density at radius 2 is 2.40 bits per heavy atom. The van der Waals surface area contributed by atoms with Crippen LogP contribution in [-0.4, -0.2) is 0 Å². The number of rotatable bonds is 2. The van der Waals surface area contributed by atoms with E-state index in [0.717, 1.165) is 6.42 Å². The second-order valence-corrected chi connectivity index (χ2v) is 2.56. The summed E-state index contributed by atoms with van der Waals surface area (Å²) in [6.07, 6.45) is 14.5. The fraction of sp³-hybridized carbons (Fsp3) is 0.400. The van der Waals surface area contributed by atoms with E-state index in [2.05, 4.69) is 37.3 Å². The van der Waals surface area contributed by atoms with Gasteiger partial charge in [0.2, 0.25) is 0 Å². The Kier molecular flexibility index (Phi) is 3.01. The number of allylic oxidation sites excluding steroid dienone is 6. The second kappa shape index (κ2) is 4.10. The van der Waals surface area contributed by atoms with E-state index >= 15 is 0 Å². The van der Waals surface area contributed by atoms with E-state index < -0.39 is 0 Å². The highest BCUT2D eigenvalue weighted by atomic mass is 14.0. The van der Waals surface area contributed by atoms with Crippen LogP contribution in [-0.2, 0) is 0 Å². The van der Waals surface area contributed by atoms with Crippen molar-refractivity contribution in [3.05, 3.63) is 36.0 Å². The lowest BCUT2D eigenvalue weighted by molar-refractivity contribution is 0.947. The molecule has 0 saturated heterocycles. The Morgan fingerprint density at radius 1 is 1.50 bits per heavy atom. The van der Waals surface area contributed by atoms with Crippen molar-refractivity contribution in [3.63, 3.8) is 0 Å². The molecule has 0 aromatic rings. The molecule has 0 nitrogen and oxygen atoms in total. The molecule has 0 aromatic carbocycles. The second-order valence-electron chi connectivity index (χ2n) is 2.56. The molecule has 0 unspecified atom stereocenters. The third-order valence-electron chi connectivity index (χ3n) is 1.61. The van der Waals surface area contributed by atoms with Gasteiger partial charge in [-0.1, -0.05) is 43.7 Å². The van der Waals surface area contributed by atoms with E-state index in [1.54, 1.807) is 0 Å². The first-order chi connectivity index (χ1) is 4.93. The van der Waals surface area contributed by atoms with Crippen LogP contribution >= 0.6 is 0 Å². The minimum absolute atomic E-state index is 1.12. The highest BCUT2D eigenvalue weighted by Crippen LogP contribution is 2.10. The summed E-state index contributed by atoms with van der Waals surface area (Å²) in [6.45, 7) is 2.21. The van der Waals surface area contributed by atoms with Crippen LogP contribution in [0.2, 0.25) is 0 Å². The van der Waals surface area contributed by atoms with Crippen LogP contribution in [0.3, 0.4) is 0 Å². The molecule has 0 radical (unpaired) electrons. The molecule has 1 aliphatic carbocycles. The SMILES string of the molecule is CCC/C=C1\C=CC=CC1. The quantitative estimate of drug-likeness (QED) is 0.544. The van der Waals surface area contributed by atoms with Gasteiger partial charge in [0.05, 0.1) is 0 Å². The summed E-state index contributed by atoms with van der Waals surface area (Å²) in [7, 11) is 0. The van der Waals surface area contributed by atoms with E-state index in [9.17, 15) is 0 Å². The molecule has 0 fully saturated rings. The number of hydrogen-bond acceptors (Lipinski definition) is 0. The molecule has 54 valence electrons. The number of unbranched alkanes of at least 4 members (excludes halogenated alkanes) is 1. The normalized spacial score (nSPS) is 20.3. The summed E-state index contributed by atoms with van der Waals surface area (Å²) in [5.41, 5.74) is 1.46. The molecule has 1 aliphatic rings. The van der Waals surface area contributed by atoms with Crippen LogP contribution in [0.1, 0.15) is 26.2 Å². The summed E-state index contributed by atoms with van der Waals surface area (Å²) in [6, 6.07) is 0. The fourth-order valence-corrected chi connectivity index (χ4v) is 1.01. The maximum absolute atomic E-state index is 2.32. The first-order valence-corrected chi connectivity index (χ1v) is 3.95. The lowest BCUT2D eigenvalue weighted by Gasteiger charge is -2.00. The van der Waals surface area contributed by atoms with Gasteiger partial charge < -0.3 is 0 Å². The Bertz CT molecular complexity index is 170. The van der Waals surface area contributed by atoms with Crippen molar-refractivity contribution >= 4 is 0 Å². The molecule has 10 heavy (non-hydrogen) atoms. The summed E-state index contributed by atoms with van der Waals surface area (Å²) in [5, 5.41) is 0. The van der Waals surface area contributed by atoms with Gasteiger partial charge >= 0.3 is 0 Å². The first-order valence-electron chi connectivity index (χ1n) is 3.95. The van der Waals surface area contributed by atoms with Crippen LogP contribution in [0.4, 0.5) is 0 Å². The molecule has 0 N–H and O–H groups in total. The highest BCUT2D eigenvalue weighted by molar-refractivity contribution is 5.29. The van der Waals surface area contributed by atoms with E-state index in [1.165, 1.54) is 18.4 Å². The van der Waals surface area contributed by atoms with Gasteiger partial charge in [-0.25, -0.2) is 0 Å². The lowest BCUT2D eigenvalue weighted by Crippen LogP contribution is -1.79. The summed E-state index contributed by atoms with van der Waals surface area (Å²) >= 11 is 0. The van der Waals surface area contributed by atoms with Crippen molar-refractivity contribution in [2.45, 2.75) is 26.2 Å². The van der Waals surface area contributed by atoms with Crippen molar-refractivity contribution in [1.82, 2.24) is 0 Å². The molecular formula is C10H14. The van der Waals surface area contributed by atoms with Gasteiger partial charge in [-0.2, -0.15) is 0 Å². The highest BCUT2D eigenvalue weighted by Gasteiger charge is 1.90. The molecule has 0 heteroatoms. The van der Waals surface area contributed by atoms with Crippen molar-refractivity contribution in [3.8, 4) is 0 Å². The zero-order valence-electron chi connectivity index (χ0n) is 6.51. The van der Waals surface area contributed by atoms with E-state index in [0.29, 0.717) is 0 Å². The molecular weight excluding hydrogens is 120 g/mol. The molecule has 0 aromatic heterocycles. The topological polar surface area (TPSA) is 0 Å². The summed E-state index contributed by atoms with van der Waals surface area (Å²) in [4.78, 5) is 0. The van der Waals surface area contributed by atoms with Crippen LogP contribution in [0.15, 0.2) is 36.0 Å². The van der Waals surface area contributed by atoms with Crippen molar-refractivity contribution in [2.24, 2.45) is 0 Å². The predicted octanol–water partition coefficient (Wildman–Crippen LogP) is 3.23. The van der Waals surface area contributed by atoms with Gasteiger partial charge in [0.15, 0.2) is 0 Å². The van der Waals surface area contributed by atoms with Crippen LogP contribution in [0, 0.1) is 0 Å². The standard InChI is InChI=1S/C10H14/c1-2-3-7-10-8-5-4-6-9-10/h4-8H,2-3,9H2,1H3/b10-7+. The average Bonchev–Trinajstić information content (AvgIpc) is 2.03. The largest absolute Gasteiger partial charge is 0.0810 e. The van der Waals surface area contributed by atoms with Gasteiger partial charge in [0.1, 0.15) is 0 Å². The van der Waals surface area contributed by atoms with Crippen molar-refractivity contribution in [1.29, 1.82) is 0 Å². The van der Waals surface area contributed by atoms with E-state index in [4.69, 9.17) is 0 Å². The summed E-state index contributed by atoms with van der Waals surface area (Å²) in [5.74, 6) is 0. The Balaban J connectivity index is 2.42. The predicted molar refractivity (Wildman–Crippen MR) is 45.9 cm³/mol. The molecule has 1 rings (SSSR count). The minimum Gasteiger partial charge on any atom is -0.0810 e. The van der Waals surface area contributed by atoms with E-state index in [1.807, 2.05) is 0 Å². The molecule has 0 spiro atoms. The van der Waals surface area contributed by atoms with Gasteiger partial charge in [-0.05, 0) is 18.4 Å². The first kappa shape index (κ1) is 7.33. The molecule has 0 amide bonds. The number of hydrogen-bond donors (Lipinski definition) is 0. The average molecular weight is 134 g/mol. The van der Waals surface area contributed by atoms with Gasteiger partial charge in [0, 0.05) is 0 Å². The van der Waals surface area contributed by atoms with E-state index in [-0.39, 0.29) is 0 Å². The van der Waals surface area contributed by atoms with Gasteiger partial charge in [-0.3, -0.25) is 0 Å². The Hall–Kier alpha value is -0.780. The Morgan fingerprint density at radius 3 is 3.00 bits per heavy atom. The zero-order valence-corrected chi connectivity index (χ0v) is 6.51. The molecule has 0 bridgehead atoms. The molecule has 0 aliphatic heterocycles. The monoisotopic (exact) mass is 134 g/mol. The summed E-state index contributed by atoms with van der Waals surface area (Å²) < 4.78 is 0. The van der Waals surface area contributed by atoms with Gasteiger partial charge in [-0.15, -0.1) is 0 Å². The molecule has 0 heterocycles. The molecule has 0 atom stereocenters. The maximum atomic E-state index is 2.32. The third kappa shape index (κ3) is 2.22. The minimum atomic E-state index is 1.12. The Labute approximate surface area is 62.9 Å². The van der Waals surface area contributed by atoms with Crippen molar-refractivity contribution < 1.29 is 0 Å².